The van der Waals surface area contributed by atoms with Crippen molar-refractivity contribution in [3.63, 3.8) is 0 Å². The van der Waals surface area contributed by atoms with Gasteiger partial charge < -0.3 is 19.0 Å². The van der Waals surface area contributed by atoms with Crippen molar-refractivity contribution < 1.29 is 23.6 Å². The zero-order chi connectivity index (χ0) is 35.4. The molecule has 4 fully saturated rings. The molecule has 3 saturated carbocycles. The number of nitrogens with zero attached hydrogens (tertiary/aromatic N) is 3. The molecule has 0 spiro atoms. The lowest BCUT2D eigenvalue weighted by atomic mass is 9.47. The van der Waals surface area contributed by atoms with Crippen molar-refractivity contribution in [2.24, 2.45) is 39.7 Å². The number of rotatable bonds is 6. The van der Waals surface area contributed by atoms with E-state index < -0.39 is 20.0 Å². The van der Waals surface area contributed by atoms with Gasteiger partial charge in [0.25, 0.3) is 0 Å². The largest absolute Gasteiger partial charge is 0.444 e. The SMILES string of the molecule is C/C(=N\OC(=O)N(C)C[C@@H]1CCCN1C(=O)OC(C)(C)C)[C@H]1CC[C@H]2[C@@H]3CC=C4C[C@@H](O[Si](C)(C)C(C)(C)C)CC[C@]4(C)[C@H]3CC[C@]12C. The van der Waals surface area contributed by atoms with Crippen molar-refractivity contribution in [3.8, 4) is 0 Å². The molecule has 9 heteroatoms. The first kappa shape index (κ1) is 37.4. The minimum absolute atomic E-state index is 0.0844. The van der Waals surface area contributed by atoms with Crippen LogP contribution in [0.25, 0.3) is 0 Å². The van der Waals surface area contributed by atoms with Gasteiger partial charge in [0, 0.05) is 32.2 Å². The molecule has 4 aliphatic carbocycles. The molecular weight excluding hydrogens is 619 g/mol. The van der Waals surface area contributed by atoms with Crippen LogP contribution in [-0.2, 0) is 14.0 Å². The molecule has 5 aliphatic rings. The summed E-state index contributed by atoms with van der Waals surface area (Å²) in [4.78, 5) is 34.7. The first-order valence-corrected chi connectivity index (χ1v) is 21.9. The van der Waals surface area contributed by atoms with Crippen molar-refractivity contribution >= 4 is 26.2 Å². The average molecular weight is 686 g/mol. The minimum Gasteiger partial charge on any atom is -0.444 e. The molecule has 0 bridgehead atoms. The summed E-state index contributed by atoms with van der Waals surface area (Å²) >= 11 is 0. The molecule has 0 aromatic carbocycles. The van der Waals surface area contributed by atoms with Gasteiger partial charge in [-0.1, -0.05) is 51.4 Å². The van der Waals surface area contributed by atoms with Gasteiger partial charge in [-0.05, 0) is 139 Å². The fourth-order valence-corrected chi connectivity index (χ4v) is 11.6. The van der Waals surface area contributed by atoms with Crippen LogP contribution in [0.5, 0.6) is 0 Å². The summed E-state index contributed by atoms with van der Waals surface area (Å²) in [7, 11) is -0.0609. The number of hydrogen-bond acceptors (Lipinski definition) is 6. The number of likely N-dealkylation sites (N-methyl/N-ethyl adjacent to an activating group) is 1. The van der Waals surface area contributed by atoms with Crippen molar-refractivity contribution in [2.45, 2.75) is 162 Å². The fourth-order valence-electron chi connectivity index (χ4n) is 10.2. The Kier molecular flexibility index (Phi) is 10.4. The van der Waals surface area contributed by atoms with Crippen LogP contribution in [0.15, 0.2) is 16.8 Å². The topological polar surface area (TPSA) is 80.7 Å². The van der Waals surface area contributed by atoms with E-state index in [1.165, 1.54) is 38.5 Å². The maximum Gasteiger partial charge on any atom is 0.435 e. The minimum atomic E-state index is -1.79. The zero-order valence-electron chi connectivity index (χ0n) is 32.4. The van der Waals surface area contributed by atoms with Crippen LogP contribution in [0.1, 0.15) is 127 Å². The highest BCUT2D eigenvalue weighted by atomic mass is 28.4. The number of allylic oxidation sites excluding steroid dienone is 1. The predicted octanol–water partition coefficient (Wildman–Crippen LogP) is 9.80. The summed E-state index contributed by atoms with van der Waals surface area (Å²) in [5, 5.41) is 4.72. The van der Waals surface area contributed by atoms with E-state index in [0.717, 1.165) is 37.3 Å². The fraction of sp³-hybridized carbons (Fsp3) is 0.872. The van der Waals surface area contributed by atoms with Gasteiger partial charge in [0.05, 0.1) is 11.8 Å². The van der Waals surface area contributed by atoms with Gasteiger partial charge in [0.2, 0.25) is 0 Å². The molecule has 48 heavy (non-hydrogen) atoms. The van der Waals surface area contributed by atoms with E-state index in [2.05, 4.69) is 65.9 Å². The van der Waals surface area contributed by atoms with E-state index in [4.69, 9.17) is 14.0 Å². The highest BCUT2D eigenvalue weighted by molar-refractivity contribution is 6.74. The van der Waals surface area contributed by atoms with Crippen molar-refractivity contribution in [1.82, 2.24) is 9.80 Å². The van der Waals surface area contributed by atoms with Gasteiger partial charge in [0.1, 0.15) is 5.60 Å². The lowest BCUT2D eigenvalue weighted by Crippen LogP contribution is -2.52. The van der Waals surface area contributed by atoms with Crippen LogP contribution in [0.2, 0.25) is 18.1 Å². The normalized spacial score (nSPS) is 35.7. The van der Waals surface area contributed by atoms with E-state index in [1.54, 1.807) is 22.4 Å². The lowest BCUT2D eigenvalue weighted by Gasteiger charge is -2.58. The van der Waals surface area contributed by atoms with Gasteiger partial charge in [-0.3, -0.25) is 4.84 Å². The first-order valence-electron chi connectivity index (χ1n) is 19.0. The molecule has 0 N–H and O–H groups in total. The number of fused-ring (bicyclic) bond motifs is 5. The second-order valence-electron chi connectivity index (χ2n) is 19.1. The van der Waals surface area contributed by atoms with E-state index in [1.807, 2.05) is 20.8 Å². The summed E-state index contributed by atoms with van der Waals surface area (Å²) in [6.07, 6.45) is 13.5. The standard InChI is InChI=1S/C39H67N3O5Si/c1-26(40-46-34(43)41(10)25-28-14-13-23-42(28)35(44)45-36(2,3)4)31-17-18-32-30-16-15-27-24-29(47-48(11,12)37(5,6)7)19-21-38(27,8)33(30)20-22-39(31,32)9/h15,28-33H,13-14,16-25H2,1-12H3/b40-26+/t28-,29-,30-,31+,32-,33-,38-,39+/m0/s1. The van der Waals surface area contributed by atoms with Gasteiger partial charge >= 0.3 is 12.2 Å². The molecule has 0 aromatic heterocycles. The smallest absolute Gasteiger partial charge is 0.435 e. The molecule has 1 saturated heterocycles. The Morgan fingerprint density at radius 1 is 1.02 bits per heavy atom. The molecule has 1 heterocycles. The summed E-state index contributed by atoms with van der Waals surface area (Å²) in [6.45, 7) is 25.6. The Morgan fingerprint density at radius 3 is 2.40 bits per heavy atom. The molecule has 0 aromatic rings. The van der Waals surface area contributed by atoms with Gasteiger partial charge in [0.15, 0.2) is 8.32 Å². The number of likely N-dealkylation sites (tertiary alicyclic amines) is 1. The van der Waals surface area contributed by atoms with Crippen LogP contribution in [0.4, 0.5) is 9.59 Å². The van der Waals surface area contributed by atoms with E-state index in [9.17, 15) is 9.59 Å². The van der Waals surface area contributed by atoms with Crippen molar-refractivity contribution in [2.75, 3.05) is 20.1 Å². The van der Waals surface area contributed by atoms with Crippen LogP contribution in [0.3, 0.4) is 0 Å². The van der Waals surface area contributed by atoms with Gasteiger partial charge in [-0.15, -0.1) is 0 Å². The number of hydrogen-bond donors (Lipinski definition) is 0. The Morgan fingerprint density at radius 2 is 1.73 bits per heavy atom. The molecule has 1 aliphatic heterocycles. The van der Waals surface area contributed by atoms with E-state index in [0.29, 0.717) is 36.9 Å². The van der Waals surface area contributed by atoms with Crippen molar-refractivity contribution in [3.05, 3.63) is 11.6 Å². The molecular formula is C39H67N3O5Si. The second kappa shape index (κ2) is 13.4. The Bertz CT molecular complexity index is 1280. The number of amides is 2. The summed E-state index contributed by atoms with van der Waals surface area (Å²) < 4.78 is 12.5. The van der Waals surface area contributed by atoms with Crippen LogP contribution >= 0.6 is 0 Å². The van der Waals surface area contributed by atoms with Crippen LogP contribution in [0, 0.1) is 34.5 Å². The third kappa shape index (κ3) is 7.29. The molecule has 8 atom stereocenters. The van der Waals surface area contributed by atoms with Gasteiger partial charge in [-0.25, -0.2) is 9.59 Å². The van der Waals surface area contributed by atoms with E-state index in [-0.39, 0.29) is 28.0 Å². The van der Waals surface area contributed by atoms with Gasteiger partial charge in [-0.2, -0.15) is 0 Å². The number of carbonyl (C=O) groups is 2. The third-order valence-electron chi connectivity index (χ3n) is 13.9. The zero-order valence-corrected chi connectivity index (χ0v) is 33.4. The maximum absolute atomic E-state index is 13.1. The highest BCUT2D eigenvalue weighted by Crippen LogP contribution is 2.66. The Balaban J connectivity index is 1.19. The third-order valence-corrected chi connectivity index (χ3v) is 18.4. The summed E-state index contributed by atoms with van der Waals surface area (Å²) in [5.41, 5.74) is 2.53. The van der Waals surface area contributed by atoms with Crippen LogP contribution in [-0.4, -0.2) is 73.9 Å². The highest BCUT2D eigenvalue weighted by Gasteiger charge is 2.59. The molecule has 5 rings (SSSR count). The monoisotopic (exact) mass is 685 g/mol. The first-order chi connectivity index (χ1) is 22.2. The van der Waals surface area contributed by atoms with Crippen LogP contribution < -0.4 is 0 Å². The van der Waals surface area contributed by atoms with Crippen molar-refractivity contribution in [1.29, 1.82) is 0 Å². The Hall–Kier alpha value is -1.87. The summed E-state index contributed by atoms with van der Waals surface area (Å²) in [5.74, 6) is 2.44. The molecule has 272 valence electrons. The van der Waals surface area contributed by atoms with E-state index >= 15 is 0 Å². The molecule has 2 amide bonds. The summed E-state index contributed by atoms with van der Waals surface area (Å²) in [6, 6.07) is -0.0844. The second-order valence-corrected chi connectivity index (χ2v) is 23.9. The molecule has 8 nitrogen and oxygen atoms in total. The molecule has 0 radical (unpaired) electrons. The average Bonchev–Trinajstić information content (AvgIpc) is 3.58. The molecule has 0 unspecified atom stereocenters. The lowest BCUT2D eigenvalue weighted by molar-refractivity contribution is -0.0415. The Labute approximate surface area is 292 Å². The maximum atomic E-state index is 13.1. The quantitative estimate of drug-likeness (QED) is 0.0914. The number of carbonyl (C=O) groups excluding carboxylic acids is 2. The number of oxime groups is 1. The predicted molar refractivity (Wildman–Crippen MR) is 195 cm³/mol. The number of ether oxygens (including phenoxy) is 1.